The van der Waals surface area contributed by atoms with Crippen LogP contribution in [0.2, 0.25) is 0 Å². The quantitative estimate of drug-likeness (QED) is 0.645. The monoisotopic (exact) mass is 268 g/mol. The van der Waals surface area contributed by atoms with Gasteiger partial charge >= 0.3 is 6.18 Å². The summed E-state index contributed by atoms with van der Waals surface area (Å²) in [5, 5.41) is 0.476. The molecule has 0 fully saturated rings. The number of fused-ring (bicyclic) bond motifs is 1. The highest BCUT2D eigenvalue weighted by Gasteiger charge is 2.39. The third-order valence-corrected chi connectivity index (χ3v) is 2.85. The number of hydrogen-bond donors (Lipinski definition) is 0. The van der Waals surface area contributed by atoms with Crippen molar-refractivity contribution in [1.82, 2.24) is 0 Å². The molecule has 1 atom stereocenters. The number of ether oxygens (including phenoxy) is 1. The maximum absolute atomic E-state index is 12.4. The van der Waals surface area contributed by atoms with E-state index >= 15 is 0 Å². The van der Waals surface area contributed by atoms with Gasteiger partial charge < -0.3 is 4.74 Å². The molecular weight excluding hydrogens is 264 g/mol. The molecule has 6 heteroatoms. The first-order valence-corrected chi connectivity index (χ1v) is 5.04. The predicted octanol–water partition coefficient (Wildman–Crippen LogP) is 4.02. The Morgan fingerprint density at radius 3 is 2.44 bits per heavy atom. The SMILES string of the molecule is FC(F)(F)C1=CC=C2C=C(Cl)C(Cl)=CC2O1. The van der Waals surface area contributed by atoms with Crippen molar-refractivity contribution in [3.05, 3.63) is 45.7 Å². The zero-order valence-corrected chi connectivity index (χ0v) is 9.20. The van der Waals surface area contributed by atoms with E-state index in [4.69, 9.17) is 27.9 Å². The van der Waals surface area contributed by atoms with Gasteiger partial charge in [-0.25, -0.2) is 0 Å². The molecule has 1 aliphatic carbocycles. The molecule has 1 aliphatic heterocycles. The van der Waals surface area contributed by atoms with Crippen LogP contribution in [-0.4, -0.2) is 12.3 Å². The van der Waals surface area contributed by atoms with Gasteiger partial charge in [0.25, 0.3) is 0 Å². The maximum atomic E-state index is 12.4. The van der Waals surface area contributed by atoms with Crippen LogP contribution in [0.3, 0.4) is 0 Å². The molecular formula is C10H5Cl2F3O. The molecule has 2 aliphatic rings. The number of hydrogen-bond acceptors (Lipinski definition) is 1. The minimum absolute atomic E-state index is 0.187. The molecule has 0 radical (unpaired) electrons. The summed E-state index contributed by atoms with van der Waals surface area (Å²) in [6, 6.07) is 0. The first-order valence-electron chi connectivity index (χ1n) is 4.28. The maximum Gasteiger partial charge on any atom is 0.448 e. The summed E-state index contributed by atoms with van der Waals surface area (Å²) in [6.07, 6.45) is -0.296. The Labute approximate surface area is 99.5 Å². The van der Waals surface area contributed by atoms with Crippen molar-refractivity contribution in [3.63, 3.8) is 0 Å². The smallest absolute Gasteiger partial charge is 0.448 e. The van der Waals surface area contributed by atoms with E-state index in [9.17, 15) is 13.2 Å². The van der Waals surface area contributed by atoms with Crippen molar-refractivity contribution in [2.75, 3.05) is 0 Å². The molecule has 2 rings (SSSR count). The Morgan fingerprint density at radius 2 is 1.81 bits per heavy atom. The lowest BCUT2D eigenvalue weighted by Gasteiger charge is -2.26. The number of allylic oxidation sites excluding steroid dienone is 5. The molecule has 0 bridgehead atoms. The summed E-state index contributed by atoms with van der Waals surface area (Å²) in [6.45, 7) is 0. The van der Waals surface area contributed by atoms with Crippen LogP contribution in [0.25, 0.3) is 0 Å². The highest BCUT2D eigenvalue weighted by Crippen LogP contribution is 2.36. The first kappa shape index (κ1) is 11.6. The molecule has 16 heavy (non-hydrogen) atoms. The Balaban J connectivity index is 2.34. The van der Waals surface area contributed by atoms with Gasteiger partial charge in [-0.3, -0.25) is 0 Å². The summed E-state index contributed by atoms with van der Waals surface area (Å²) in [7, 11) is 0. The second-order valence-corrected chi connectivity index (χ2v) is 4.06. The topological polar surface area (TPSA) is 9.23 Å². The molecule has 0 saturated heterocycles. The van der Waals surface area contributed by atoms with Crippen molar-refractivity contribution in [2.24, 2.45) is 0 Å². The molecule has 0 amide bonds. The van der Waals surface area contributed by atoms with Crippen LogP contribution in [0.5, 0.6) is 0 Å². The van der Waals surface area contributed by atoms with E-state index in [0.717, 1.165) is 6.08 Å². The Hall–Kier alpha value is -0.870. The van der Waals surface area contributed by atoms with Gasteiger partial charge in [0.2, 0.25) is 5.76 Å². The van der Waals surface area contributed by atoms with Gasteiger partial charge in [-0.05, 0) is 23.8 Å². The Morgan fingerprint density at radius 1 is 1.12 bits per heavy atom. The minimum Gasteiger partial charge on any atom is -0.477 e. The fourth-order valence-corrected chi connectivity index (χ4v) is 1.72. The highest BCUT2D eigenvalue weighted by atomic mass is 35.5. The molecule has 0 saturated carbocycles. The molecule has 0 N–H and O–H groups in total. The van der Waals surface area contributed by atoms with Gasteiger partial charge in [0.1, 0.15) is 6.10 Å². The van der Waals surface area contributed by atoms with Crippen LogP contribution in [0.15, 0.2) is 45.7 Å². The van der Waals surface area contributed by atoms with Crippen LogP contribution < -0.4 is 0 Å². The van der Waals surface area contributed by atoms with Crippen LogP contribution in [0, 0.1) is 0 Å². The summed E-state index contributed by atoms with van der Waals surface area (Å²) < 4.78 is 41.8. The molecule has 86 valence electrons. The minimum atomic E-state index is -4.49. The standard InChI is InChI=1S/C10H5Cl2F3O/c11-6-3-5-1-2-9(10(13,14)15)16-8(5)4-7(6)12/h1-4,8H. The molecule has 0 spiro atoms. The van der Waals surface area contributed by atoms with Crippen LogP contribution in [0.4, 0.5) is 13.2 Å². The molecule has 1 unspecified atom stereocenters. The third-order valence-electron chi connectivity index (χ3n) is 2.11. The average molecular weight is 269 g/mol. The normalized spacial score (nSPS) is 24.7. The Bertz CT molecular complexity index is 443. The van der Waals surface area contributed by atoms with Crippen LogP contribution in [0.1, 0.15) is 0 Å². The van der Waals surface area contributed by atoms with Gasteiger partial charge in [0, 0.05) is 0 Å². The van der Waals surface area contributed by atoms with E-state index in [1.807, 2.05) is 0 Å². The summed E-state index contributed by atoms with van der Waals surface area (Å²) >= 11 is 11.4. The summed E-state index contributed by atoms with van der Waals surface area (Å²) in [4.78, 5) is 0. The van der Waals surface area contributed by atoms with Gasteiger partial charge in [-0.2, -0.15) is 13.2 Å². The molecule has 1 heterocycles. The van der Waals surface area contributed by atoms with Crippen LogP contribution in [-0.2, 0) is 4.74 Å². The second-order valence-electron chi connectivity index (χ2n) is 3.24. The predicted molar refractivity (Wildman–Crippen MR) is 55.0 cm³/mol. The van der Waals surface area contributed by atoms with Crippen molar-refractivity contribution in [1.29, 1.82) is 0 Å². The first-order chi connectivity index (χ1) is 7.38. The lowest BCUT2D eigenvalue weighted by atomic mass is 10.0. The average Bonchev–Trinajstić information content (AvgIpc) is 2.17. The van der Waals surface area contributed by atoms with E-state index < -0.39 is 18.0 Å². The van der Waals surface area contributed by atoms with Crippen molar-refractivity contribution < 1.29 is 17.9 Å². The molecule has 0 aromatic heterocycles. The summed E-state index contributed by atoms with van der Waals surface area (Å²) in [5.41, 5.74) is 0.544. The lowest BCUT2D eigenvalue weighted by molar-refractivity contribution is -0.134. The van der Waals surface area contributed by atoms with E-state index in [1.165, 1.54) is 18.2 Å². The lowest BCUT2D eigenvalue weighted by Crippen LogP contribution is -2.25. The van der Waals surface area contributed by atoms with Gasteiger partial charge in [-0.15, -0.1) is 0 Å². The zero-order chi connectivity index (χ0) is 11.9. The van der Waals surface area contributed by atoms with Crippen molar-refractivity contribution >= 4 is 23.2 Å². The molecule has 0 aromatic carbocycles. The number of rotatable bonds is 0. The van der Waals surface area contributed by atoms with E-state index in [-0.39, 0.29) is 10.1 Å². The fraction of sp³-hybridized carbons (Fsp3) is 0.200. The number of halogens is 5. The van der Waals surface area contributed by atoms with Crippen LogP contribution >= 0.6 is 23.2 Å². The largest absolute Gasteiger partial charge is 0.477 e. The van der Waals surface area contributed by atoms with Crippen molar-refractivity contribution in [3.8, 4) is 0 Å². The third kappa shape index (κ3) is 2.13. The van der Waals surface area contributed by atoms with Gasteiger partial charge in [-0.1, -0.05) is 29.3 Å². The molecule has 0 aromatic rings. The van der Waals surface area contributed by atoms with E-state index in [2.05, 4.69) is 0 Å². The van der Waals surface area contributed by atoms with Gasteiger partial charge in [0.05, 0.1) is 10.1 Å². The van der Waals surface area contributed by atoms with Gasteiger partial charge in [0.15, 0.2) is 0 Å². The second kappa shape index (κ2) is 3.86. The van der Waals surface area contributed by atoms with Crippen molar-refractivity contribution in [2.45, 2.75) is 12.3 Å². The van der Waals surface area contributed by atoms with E-state index in [1.54, 1.807) is 0 Å². The molecule has 1 nitrogen and oxygen atoms in total. The Kier molecular flexibility index (Phi) is 2.80. The highest BCUT2D eigenvalue weighted by molar-refractivity contribution is 6.44. The number of alkyl halides is 3. The zero-order valence-electron chi connectivity index (χ0n) is 7.68. The van der Waals surface area contributed by atoms with E-state index in [0.29, 0.717) is 5.57 Å². The summed E-state index contributed by atoms with van der Waals surface area (Å²) in [5.74, 6) is -1.03. The fourth-order valence-electron chi connectivity index (χ4n) is 1.36.